The Hall–Kier alpha value is -2.14. The first-order chi connectivity index (χ1) is 11.9. The summed E-state index contributed by atoms with van der Waals surface area (Å²) in [5.41, 5.74) is 10.3. The number of anilines is 2. The molecule has 0 fully saturated rings. The molecule has 0 spiro atoms. The van der Waals surface area contributed by atoms with Gasteiger partial charge in [0.15, 0.2) is 11.6 Å². The monoisotopic (exact) mass is 342 g/mol. The van der Waals surface area contributed by atoms with Gasteiger partial charge < -0.3 is 15.8 Å². The summed E-state index contributed by atoms with van der Waals surface area (Å²) < 4.78 is 6.18. The van der Waals surface area contributed by atoms with Gasteiger partial charge in [-0.15, -0.1) is 0 Å². The normalized spacial score (nSPS) is 12.1. The number of nitrogens with two attached hydrogens (primary N) is 1. The molecule has 3 N–H and O–H groups in total. The molecule has 2 aromatic rings. The third-order valence-corrected chi connectivity index (χ3v) is 4.28. The molecule has 0 aliphatic rings. The highest BCUT2D eigenvalue weighted by molar-refractivity contribution is 5.68. The Kier molecular flexibility index (Phi) is 6.76. The number of ether oxygens (including phenoxy) is 1. The van der Waals surface area contributed by atoms with E-state index in [-0.39, 0.29) is 6.10 Å². The van der Waals surface area contributed by atoms with Gasteiger partial charge in [-0.2, -0.15) is 0 Å². The van der Waals surface area contributed by atoms with Gasteiger partial charge >= 0.3 is 0 Å². The average molecular weight is 342 g/mol. The number of benzene rings is 1. The first kappa shape index (κ1) is 19.2. The lowest BCUT2D eigenvalue weighted by atomic mass is 10.1. The molecule has 2 rings (SSSR count). The summed E-state index contributed by atoms with van der Waals surface area (Å²) in [7, 11) is 0. The molecule has 5 nitrogen and oxygen atoms in total. The lowest BCUT2D eigenvalue weighted by Crippen LogP contribution is -2.18. The maximum atomic E-state index is 6.18. The van der Waals surface area contributed by atoms with Crippen LogP contribution in [-0.4, -0.2) is 22.6 Å². The highest BCUT2D eigenvalue weighted by atomic mass is 16.5. The van der Waals surface area contributed by atoms with E-state index in [0.29, 0.717) is 23.9 Å². The van der Waals surface area contributed by atoms with Crippen LogP contribution >= 0.6 is 0 Å². The number of aromatic nitrogens is 2. The largest absolute Gasteiger partial charge is 0.485 e. The Morgan fingerprint density at radius 2 is 1.84 bits per heavy atom. The standard InChI is InChI=1S/C20H30N4O/c1-6-17(8-7-9-21)25-18-12-22-16(5)23-20(18)24-19-14(3)10-13(2)11-15(19)4/h10-12,17H,6-9,21H2,1-5H3,(H,22,23,24). The van der Waals surface area contributed by atoms with Crippen LogP contribution < -0.4 is 15.8 Å². The van der Waals surface area contributed by atoms with Crippen molar-refractivity contribution in [2.24, 2.45) is 5.73 Å². The SMILES string of the molecule is CCC(CCCN)Oc1cnc(C)nc1Nc1c(C)cc(C)cc1C. The molecule has 0 saturated heterocycles. The van der Waals surface area contributed by atoms with Crippen molar-refractivity contribution in [2.75, 3.05) is 11.9 Å². The number of nitrogens with one attached hydrogen (secondary N) is 1. The summed E-state index contributed by atoms with van der Waals surface area (Å²) >= 11 is 0. The highest BCUT2D eigenvalue weighted by Crippen LogP contribution is 2.31. The van der Waals surface area contributed by atoms with E-state index in [9.17, 15) is 0 Å². The van der Waals surface area contributed by atoms with Gasteiger partial charge in [-0.05, 0) is 64.6 Å². The van der Waals surface area contributed by atoms with Crippen LogP contribution in [0.3, 0.4) is 0 Å². The summed E-state index contributed by atoms with van der Waals surface area (Å²) in [6, 6.07) is 4.33. The molecule has 1 heterocycles. The van der Waals surface area contributed by atoms with Gasteiger partial charge in [0.2, 0.25) is 0 Å². The van der Waals surface area contributed by atoms with E-state index in [1.165, 1.54) is 16.7 Å². The third kappa shape index (κ3) is 5.16. The number of hydrogen-bond donors (Lipinski definition) is 2. The van der Waals surface area contributed by atoms with E-state index in [0.717, 1.165) is 24.9 Å². The van der Waals surface area contributed by atoms with E-state index in [1.807, 2.05) is 6.92 Å². The van der Waals surface area contributed by atoms with Crippen molar-refractivity contribution in [1.29, 1.82) is 0 Å². The molecule has 1 atom stereocenters. The topological polar surface area (TPSA) is 73.1 Å². The first-order valence-corrected chi connectivity index (χ1v) is 8.99. The number of aryl methyl sites for hydroxylation is 4. The average Bonchev–Trinajstić information content (AvgIpc) is 2.56. The number of rotatable bonds is 8. The fourth-order valence-corrected chi connectivity index (χ4v) is 3.00. The van der Waals surface area contributed by atoms with E-state index in [4.69, 9.17) is 10.5 Å². The van der Waals surface area contributed by atoms with Crippen LogP contribution in [0.15, 0.2) is 18.3 Å². The summed E-state index contributed by atoms with van der Waals surface area (Å²) in [4.78, 5) is 8.88. The van der Waals surface area contributed by atoms with Crippen LogP contribution in [0.25, 0.3) is 0 Å². The molecule has 1 unspecified atom stereocenters. The molecular weight excluding hydrogens is 312 g/mol. The summed E-state index contributed by atoms with van der Waals surface area (Å²) in [5, 5.41) is 3.46. The molecule has 0 saturated carbocycles. The highest BCUT2D eigenvalue weighted by Gasteiger charge is 2.15. The van der Waals surface area contributed by atoms with E-state index >= 15 is 0 Å². The summed E-state index contributed by atoms with van der Waals surface area (Å²) in [5.74, 6) is 2.12. The smallest absolute Gasteiger partial charge is 0.180 e. The van der Waals surface area contributed by atoms with Gasteiger partial charge in [0.1, 0.15) is 5.82 Å². The van der Waals surface area contributed by atoms with Crippen LogP contribution in [0.1, 0.15) is 48.7 Å². The summed E-state index contributed by atoms with van der Waals surface area (Å²) in [6.45, 7) is 11.0. The molecule has 0 radical (unpaired) electrons. The Balaban J connectivity index is 2.30. The Labute approximate surface area is 151 Å². The van der Waals surface area contributed by atoms with Crippen molar-refractivity contribution in [3.8, 4) is 5.75 Å². The lowest BCUT2D eigenvalue weighted by Gasteiger charge is -2.20. The van der Waals surface area contributed by atoms with Gasteiger partial charge in [-0.1, -0.05) is 24.6 Å². The Morgan fingerprint density at radius 1 is 1.16 bits per heavy atom. The van der Waals surface area contributed by atoms with Crippen LogP contribution in [0, 0.1) is 27.7 Å². The van der Waals surface area contributed by atoms with Gasteiger partial charge in [0, 0.05) is 5.69 Å². The van der Waals surface area contributed by atoms with Gasteiger partial charge in [0.05, 0.1) is 12.3 Å². The van der Waals surface area contributed by atoms with Crippen LogP contribution in [0.5, 0.6) is 5.75 Å². The van der Waals surface area contributed by atoms with Gasteiger partial charge in [-0.25, -0.2) is 9.97 Å². The fraction of sp³-hybridized carbons (Fsp3) is 0.500. The Morgan fingerprint density at radius 3 is 2.44 bits per heavy atom. The fourth-order valence-electron chi connectivity index (χ4n) is 3.00. The molecule has 1 aromatic carbocycles. The minimum Gasteiger partial charge on any atom is -0.485 e. The predicted molar refractivity (Wildman–Crippen MR) is 104 cm³/mol. The van der Waals surface area contributed by atoms with Crippen LogP contribution in [0.4, 0.5) is 11.5 Å². The van der Waals surface area contributed by atoms with Crippen LogP contribution in [0.2, 0.25) is 0 Å². The van der Waals surface area contributed by atoms with E-state index < -0.39 is 0 Å². The van der Waals surface area contributed by atoms with Crippen molar-refractivity contribution >= 4 is 11.5 Å². The molecule has 25 heavy (non-hydrogen) atoms. The molecule has 0 aliphatic heterocycles. The van der Waals surface area contributed by atoms with Gasteiger partial charge in [-0.3, -0.25) is 0 Å². The van der Waals surface area contributed by atoms with Crippen molar-refractivity contribution in [3.63, 3.8) is 0 Å². The molecule has 5 heteroatoms. The molecule has 0 amide bonds. The molecule has 1 aromatic heterocycles. The molecule has 0 bridgehead atoms. The number of nitrogens with zero attached hydrogens (tertiary/aromatic N) is 2. The van der Waals surface area contributed by atoms with Crippen molar-refractivity contribution in [1.82, 2.24) is 9.97 Å². The maximum absolute atomic E-state index is 6.18. The van der Waals surface area contributed by atoms with Crippen molar-refractivity contribution in [2.45, 2.75) is 60.0 Å². The van der Waals surface area contributed by atoms with E-state index in [1.54, 1.807) is 6.20 Å². The predicted octanol–water partition coefficient (Wildman–Crippen LogP) is 4.35. The Bertz CT molecular complexity index is 692. The second-order valence-electron chi connectivity index (χ2n) is 6.61. The van der Waals surface area contributed by atoms with Crippen LogP contribution in [-0.2, 0) is 0 Å². The quantitative estimate of drug-likeness (QED) is 0.746. The zero-order valence-corrected chi connectivity index (χ0v) is 16.0. The second kappa shape index (κ2) is 8.81. The second-order valence-corrected chi connectivity index (χ2v) is 6.61. The van der Waals surface area contributed by atoms with Crippen molar-refractivity contribution in [3.05, 3.63) is 40.8 Å². The zero-order chi connectivity index (χ0) is 18.4. The van der Waals surface area contributed by atoms with E-state index in [2.05, 4.69) is 55.1 Å². The minimum atomic E-state index is 0.121. The number of hydrogen-bond acceptors (Lipinski definition) is 5. The first-order valence-electron chi connectivity index (χ1n) is 8.99. The maximum Gasteiger partial charge on any atom is 0.180 e. The van der Waals surface area contributed by atoms with Gasteiger partial charge in [0.25, 0.3) is 0 Å². The minimum absolute atomic E-state index is 0.121. The molecule has 136 valence electrons. The van der Waals surface area contributed by atoms with Crippen molar-refractivity contribution < 1.29 is 4.74 Å². The summed E-state index contributed by atoms with van der Waals surface area (Å²) in [6.07, 6.45) is 4.69. The third-order valence-electron chi connectivity index (χ3n) is 4.28. The lowest BCUT2D eigenvalue weighted by molar-refractivity contribution is 0.184. The zero-order valence-electron chi connectivity index (χ0n) is 16.0. The molecule has 0 aliphatic carbocycles. The molecular formula is C20H30N4O.